The molecule has 1 aliphatic rings. The summed E-state index contributed by atoms with van der Waals surface area (Å²) in [5.74, 6) is 1.56. The standard InChI is InChI=1S/C20H20Cl2N6S/c1-13(2)27-19(24-25-26-27)16-11-23-28(18-10-15(21)8-9-17(18)22)20(16)29-12-14-6-4-3-5-7-14/h3-11,13,25-26H,12H2,1-2H3. The molecule has 0 saturated carbocycles. The molecule has 4 rings (SSSR count). The number of nitrogens with zero attached hydrogens (tertiary/aromatic N) is 4. The van der Waals surface area contributed by atoms with Gasteiger partial charge in [-0.15, -0.1) is 22.4 Å². The third kappa shape index (κ3) is 4.23. The summed E-state index contributed by atoms with van der Waals surface area (Å²) in [4.78, 5) is 0. The maximum atomic E-state index is 6.47. The Kier molecular flexibility index (Phi) is 6.01. The van der Waals surface area contributed by atoms with E-state index in [1.165, 1.54) is 5.56 Å². The molecule has 2 aromatic carbocycles. The van der Waals surface area contributed by atoms with E-state index >= 15 is 0 Å². The SMILES string of the molecule is CC(C)N1NNN=C1c1cnn(-c2cc(Cl)ccc2Cl)c1SCc1ccccc1. The summed E-state index contributed by atoms with van der Waals surface area (Å²) in [6.45, 7) is 4.18. The van der Waals surface area contributed by atoms with Crippen LogP contribution in [0.25, 0.3) is 5.69 Å². The van der Waals surface area contributed by atoms with Crippen molar-refractivity contribution in [1.82, 2.24) is 25.9 Å². The Morgan fingerprint density at radius 2 is 1.90 bits per heavy atom. The first kappa shape index (κ1) is 20.1. The first-order valence-corrected chi connectivity index (χ1v) is 10.9. The molecule has 2 heterocycles. The molecule has 150 valence electrons. The highest BCUT2D eigenvalue weighted by molar-refractivity contribution is 7.98. The molecule has 0 unspecified atom stereocenters. The lowest BCUT2D eigenvalue weighted by Crippen LogP contribution is -2.45. The minimum absolute atomic E-state index is 0.203. The second kappa shape index (κ2) is 8.67. The van der Waals surface area contributed by atoms with Crippen molar-refractivity contribution in [2.24, 2.45) is 5.10 Å². The first-order valence-electron chi connectivity index (χ1n) is 9.12. The number of hydrazone groups is 1. The molecule has 0 radical (unpaired) electrons. The summed E-state index contributed by atoms with van der Waals surface area (Å²) in [5.41, 5.74) is 8.77. The van der Waals surface area contributed by atoms with Gasteiger partial charge in [-0.3, -0.25) is 5.01 Å². The molecule has 9 heteroatoms. The third-order valence-electron chi connectivity index (χ3n) is 4.40. The van der Waals surface area contributed by atoms with Crippen molar-refractivity contribution in [1.29, 1.82) is 0 Å². The highest BCUT2D eigenvalue weighted by atomic mass is 35.5. The van der Waals surface area contributed by atoms with Crippen LogP contribution in [0.5, 0.6) is 0 Å². The van der Waals surface area contributed by atoms with Gasteiger partial charge in [0.05, 0.1) is 22.5 Å². The largest absolute Gasteiger partial charge is 0.268 e. The van der Waals surface area contributed by atoms with Crippen LogP contribution in [0.15, 0.2) is 64.9 Å². The number of hydrazine groups is 2. The molecule has 0 fully saturated rings. The molecule has 0 aliphatic carbocycles. The quantitative estimate of drug-likeness (QED) is 0.529. The number of hydrogen-bond acceptors (Lipinski definition) is 6. The third-order valence-corrected chi connectivity index (χ3v) is 6.10. The Hall–Kier alpha value is -2.19. The van der Waals surface area contributed by atoms with Gasteiger partial charge in [0, 0.05) is 16.8 Å². The summed E-state index contributed by atoms with van der Waals surface area (Å²) in [5, 5.41) is 13.1. The van der Waals surface area contributed by atoms with E-state index in [9.17, 15) is 0 Å². The molecule has 29 heavy (non-hydrogen) atoms. The molecule has 0 saturated heterocycles. The molecule has 6 nitrogen and oxygen atoms in total. The van der Waals surface area contributed by atoms with Crippen LogP contribution in [0.2, 0.25) is 10.0 Å². The summed E-state index contributed by atoms with van der Waals surface area (Å²) in [6.07, 6.45) is 1.81. The number of amidine groups is 1. The summed E-state index contributed by atoms with van der Waals surface area (Å²) < 4.78 is 1.83. The molecular formula is C20H20Cl2N6S. The summed E-state index contributed by atoms with van der Waals surface area (Å²) >= 11 is 14.4. The van der Waals surface area contributed by atoms with Crippen LogP contribution < -0.4 is 11.1 Å². The van der Waals surface area contributed by atoms with Crippen LogP contribution in [0.3, 0.4) is 0 Å². The van der Waals surface area contributed by atoms with E-state index in [-0.39, 0.29) is 6.04 Å². The number of nitrogens with one attached hydrogen (secondary N) is 2. The van der Waals surface area contributed by atoms with Gasteiger partial charge in [0.1, 0.15) is 5.03 Å². The number of benzene rings is 2. The minimum Gasteiger partial charge on any atom is -0.268 e. The van der Waals surface area contributed by atoms with Gasteiger partial charge in [-0.2, -0.15) is 5.10 Å². The lowest BCUT2D eigenvalue weighted by atomic mass is 10.2. The maximum Gasteiger partial charge on any atom is 0.177 e. The van der Waals surface area contributed by atoms with Gasteiger partial charge in [0.25, 0.3) is 0 Å². The van der Waals surface area contributed by atoms with Crippen LogP contribution in [-0.2, 0) is 5.75 Å². The number of rotatable bonds is 6. The number of thioether (sulfide) groups is 1. The van der Waals surface area contributed by atoms with Crippen LogP contribution in [0, 0.1) is 0 Å². The van der Waals surface area contributed by atoms with Crippen molar-refractivity contribution in [3.8, 4) is 5.69 Å². The van der Waals surface area contributed by atoms with Crippen LogP contribution in [-0.4, -0.2) is 26.7 Å². The molecule has 1 aromatic heterocycles. The van der Waals surface area contributed by atoms with Crippen molar-refractivity contribution < 1.29 is 0 Å². The Labute approximate surface area is 183 Å². The zero-order valence-corrected chi connectivity index (χ0v) is 18.3. The van der Waals surface area contributed by atoms with E-state index in [1.807, 2.05) is 40.2 Å². The average Bonchev–Trinajstić information content (AvgIpc) is 3.35. The van der Waals surface area contributed by atoms with E-state index in [0.29, 0.717) is 10.0 Å². The van der Waals surface area contributed by atoms with Gasteiger partial charge >= 0.3 is 0 Å². The molecule has 0 atom stereocenters. The van der Waals surface area contributed by atoms with E-state index in [4.69, 9.17) is 23.2 Å². The van der Waals surface area contributed by atoms with E-state index in [1.54, 1.807) is 23.9 Å². The first-order chi connectivity index (χ1) is 14.0. The number of hydrogen-bond donors (Lipinski definition) is 2. The molecule has 1 aliphatic heterocycles. The fourth-order valence-electron chi connectivity index (χ4n) is 2.98. The zero-order chi connectivity index (χ0) is 20.4. The average molecular weight is 447 g/mol. The number of halogens is 2. The lowest BCUT2D eigenvalue weighted by Gasteiger charge is -2.23. The van der Waals surface area contributed by atoms with E-state index < -0.39 is 0 Å². The Morgan fingerprint density at radius 1 is 1.10 bits per heavy atom. The topological polar surface area (TPSA) is 57.5 Å². The normalized spacial score (nSPS) is 13.7. The van der Waals surface area contributed by atoms with Gasteiger partial charge in [-0.1, -0.05) is 53.5 Å². The van der Waals surface area contributed by atoms with Crippen LogP contribution in [0.4, 0.5) is 0 Å². The number of aromatic nitrogens is 2. The summed E-state index contributed by atoms with van der Waals surface area (Å²) in [6, 6.07) is 15.9. The minimum atomic E-state index is 0.203. The van der Waals surface area contributed by atoms with Crippen molar-refractivity contribution in [3.63, 3.8) is 0 Å². The van der Waals surface area contributed by atoms with Gasteiger partial charge in [0.2, 0.25) is 0 Å². The smallest absolute Gasteiger partial charge is 0.177 e. The van der Waals surface area contributed by atoms with Crippen LogP contribution in [0.1, 0.15) is 25.0 Å². The maximum absolute atomic E-state index is 6.47. The fourth-order valence-corrected chi connectivity index (χ4v) is 4.40. The molecule has 2 N–H and O–H groups in total. The van der Waals surface area contributed by atoms with Crippen molar-refractivity contribution >= 4 is 40.8 Å². The monoisotopic (exact) mass is 446 g/mol. The second-order valence-electron chi connectivity index (χ2n) is 6.77. The van der Waals surface area contributed by atoms with Crippen LogP contribution >= 0.6 is 35.0 Å². The van der Waals surface area contributed by atoms with Crippen molar-refractivity contribution in [3.05, 3.63) is 75.9 Å². The molecular weight excluding hydrogens is 427 g/mol. The Bertz CT molecular complexity index is 1030. The molecule has 3 aromatic rings. The van der Waals surface area contributed by atoms with Crippen molar-refractivity contribution in [2.75, 3.05) is 0 Å². The predicted octanol–water partition coefficient (Wildman–Crippen LogP) is 4.87. The van der Waals surface area contributed by atoms with Gasteiger partial charge in [-0.25, -0.2) is 10.2 Å². The molecule has 0 bridgehead atoms. The summed E-state index contributed by atoms with van der Waals surface area (Å²) in [7, 11) is 0. The second-order valence-corrected chi connectivity index (χ2v) is 8.58. The molecule has 0 spiro atoms. The Balaban J connectivity index is 1.77. The highest BCUT2D eigenvalue weighted by Gasteiger charge is 2.27. The van der Waals surface area contributed by atoms with Gasteiger partial charge in [0.15, 0.2) is 5.84 Å². The van der Waals surface area contributed by atoms with Crippen molar-refractivity contribution in [2.45, 2.75) is 30.7 Å². The van der Waals surface area contributed by atoms with E-state index in [2.05, 4.69) is 47.2 Å². The lowest BCUT2D eigenvalue weighted by molar-refractivity contribution is 0.246. The van der Waals surface area contributed by atoms with E-state index in [0.717, 1.165) is 27.9 Å². The zero-order valence-electron chi connectivity index (χ0n) is 15.9. The molecule has 0 amide bonds. The van der Waals surface area contributed by atoms with Gasteiger partial charge < -0.3 is 0 Å². The predicted molar refractivity (Wildman–Crippen MR) is 119 cm³/mol. The highest BCUT2D eigenvalue weighted by Crippen LogP contribution is 2.33. The fraction of sp³-hybridized carbons (Fsp3) is 0.200. The van der Waals surface area contributed by atoms with Gasteiger partial charge in [-0.05, 0) is 37.6 Å². The Morgan fingerprint density at radius 3 is 2.66 bits per heavy atom.